The van der Waals surface area contributed by atoms with Crippen LogP contribution in [-0.2, 0) is 15.6 Å². The third-order valence-electron chi connectivity index (χ3n) is 2.32. The first-order chi connectivity index (χ1) is 8.40. The molecule has 1 aromatic heterocycles. The van der Waals surface area contributed by atoms with Gasteiger partial charge in [-0.3, -0.25) is 0 Å². The smallest absolute Gasteiger partial charge is 0.185 e. The van der Waals surface area contributed by atoms with Crippen LogP contribution >= 0.6 is 43.2 Å². The first-order valence-electron chi connectivity index (χ1n) is 4.90. The zero-order valence-electron chi connectivity index (χ0n) is 9.06. The van der Waals surface area contributed by atoms with Crippen molar-refractivity contribution in [3.8, 4) is 0 Å². The van der Waals surface area contributed by atoms with E-state index >= 15 is 0 Å². The molecular weight excluding hydrogens is 402 g/mol. The molecule has 0 spiro atoms. The maximum Gasteiger partial charge on any atom is 0.185 e. The first kappa shape index (κ1) is 14.0. The van der Waals surface area contributed by atoms with Crippen molar-refractivity contribution in [2.75, 3.05) is 5.73 Å². The van der Waals surface area contributed by atoms with Gasteiger partial charge in [-0.15, -0.1) is 11.3 Å². The lowest BCUT2D eigenvalue weighted by molar-refractivity contribution is 0.596. The van der Waals surface area contributed by atoms with E-state index in [9.17, 15) is 8.42 Å². The van der Waals surface area contributed by atoms with E-state index in [2.05, 4.69) is 31.9 Å². The van der Waals surface area contributed by atoms with E-state index in [0.717, 1.165) is 9.35 Å². The Morgan fingerprint density at radius 3 is 2.56 bits per heavy atom. The summed E-state index contributed by atoms with van der Waals surface area (Å²) in [4.78, 5) is 0.937. The second-order valence-corrected chi connectivity index (χ2v) is 8.36. The van der Waals surface area contributed by atoms with Crippen LogP contribution in [0.4, 0.5) is 5.69 Å². The molecule has 0 fully saturated rings. The van der Waals surface area contributed by atoms with Crippen molar-refractivity contribution < 1.29 is 8.42 Å². The van der Waals surface area contributed by atoms with Gasteiger partial charge in [0.05, 0.1) is 16.3 Å². The summed E-state index contributed by atoms with van der Waals surface area (Å²) in [5, 5.41) is 1.85. The van der Waals surface area contributed by atoms with Gasteiger partial charge in [0.15, 0.2) is 9.84 Å². The van der Waals surface area contributed by atoms with E-state index in [1.54, 1.807) is 12.1 Å². The maximum absolute atomic E-state index is 12.3. The van der Waals surface area contributed by atoms with Crippen molar-refractivity contribution in [3.05, 3.63) is 43.5 Å². The van der Waals surface area contributed by atoms with Crippen molar-refractivity contribution in [2.24, 2.45) is 0 Å². The molecule has 0 radical (unpaired) electrons. The second kappa shape index (κ2) is 5.32. The Morgan fingerprint density at radius 1 is 1.22 bits per heavy atom. The van der Waals surface area contributed by atoms with Crippen LogP contribution in [0.15, 0.2) is 43.5 Å². The van der Waals surface area contributed by atoms with Crippen LogP contribution in [0.25, 0.3) is 0 Å². The van der Waals surface area contributed by atoms with Crippen molar-refractivity contribution in [1.29, 1.82) is 0 Å². The number of benzene rings is 1. The van der Waals surface area contributed by atoms with Gasteiger partial charge in [-0.1, -0.05) is 15.9 Å². The average Bonchev–Trinajstić information content (AvgIpc) is 2.67. The average molecular weight is 411 g/mol. The van der Waals surface area contributed by atoms with E-state index in [4.69, 9.17) is 5.73 Å². The fourth-order valence-corrected chi connectivity index (χ4v) is 5.56. The second-order valence-electron chi connectivity index (χ2n) is 3.63. The molecule has 0 aliphatic heterocycles. The van der Waals surface area contributed by atoms with E-state index in [1.807, 2.05) is 11.4 Å². The van der Waals surface area contributed by atoms with E-state index < -0.39 is 9.84 Å². The highest BCUT2D eigenvalue weighted by atomic mass is 79.9. The van der Waals surface area contributed by atoms with Crippen LogP contribution in [0.3, 0.4) is 0 Å². The Labute approximate surface area is 126 Å². The van der Waals surface area contributed by atoms with Crippen LogP contribution in [0.1, 0.15) is 4.88 Å². The topological polar surface area (TPSA) is 60.2 Å². The van der Waals surface area contributed by atoms with E-state index in [1.165, 1.54) is 17.4 Å². The fourth-order valence-electron chi connectivity index (χ4n) is 1.46. The van der Waals surface area contributed by atoms with Crippen molar-refractivity contribution in [3.63, 3.8) is 0 Å². The molecule has 1 heterocycles. The zero-order chi connectivity index (χ0) is 13.3. The minimum atomic E-state index is -3.43. The predicted octanol–water partition coefficient (Wildman–Crippen LogP) is 3.83. The molecule has 2 aromatic rings. The molecule has 2 rings (SSSR count). The molecule has 0 aliphatic carbocycles. The third-order valence-corrected chi connectivity index (χ3v) is 6.62. The first-order valence-corrected chi connectivity index (χ1v) is 9.01. The molecular formula is C11H9Br2NO2S2. The lowest BCUT2D eigenvalue weighted by Gasteiger charge is -2.07. The standard InChI is InChI=1S/C11H9Br2NO2S2/c12-7-1-2-9(14)11(5-7)18(15,16)6-10-8(13)3-4-17-10/h1-5H,6,14H2. The van der Waals surface area contributed by atoms with Gasteiger partial charge in [0.2, 0.25) is 0 Å². The van der Waals surface area contributed by atoms with Crippen molar-refractivity contribution in [2.45, 2.75) is 10.6 Å². The van der Waals surface area contributed by atoms with Gasteiger partial charge in [-0.05, 0) is 45.6 Å². The minimum Gasteiger partial charge on any atom is -0.398 e. The van der Waals surface area contributed by atoms with E-state index in [-0.39, 0.29) is 16.3 Å². The molecule has 0 saturated heterocycles. The van der Waals surface area contributed by atoms with Crippen LogP contribution in [0.5, 0.6) is 0 Å². The monoisotopic (exact) mass is 409 g/mol. The van der Waals surface area contributed by atoms with E-state index in [0.29, 0.717) is 4.47 Å². The summed E-state index contributed by atoms with van der Waals surface area (Å²) >= 11 is 7.99. The molecule has 0 atom stereocenters. The highest BCUT2D eigenvalue weighted by molar-refractivity contribution is 9.10. The predicted molar refractivity (Wildman–Crippen MR) is 81.5 cm³/mol. The lowest BCUT2D eigenvalue weighted by Crippen LogP contribution is -2.07. The van der Waals surface area contributed by atoms with Crippen molar-refractivity contribution in [1.82, 2.24) is 0 Å². The van der Waals surface area contributed by atoms with Crippen molar-refractivity contribution >= 4 is 58.7 Å². The molecule has 18 heavy (non-hydrogen) atoms. The number of hydrogen-bond acceptors (Lipinski definition) is 4. The zero-order valence-corrected chi connectivity index (χ0v) is 13.9. The quantitative estimate of drug-likeness (QED) is 0.782. The highest BCUT2D eigenvalue weighted by Gasteiger charge is 2.20. The molecule has 0 aliphatic rings. The lowest BCUT2D eigenvalue weighted by atomic mass is 10.3. The number of thiophene rings is 1. The van der Waals surface area contributed by atoms with Gasteiger partial charge < -0.3 is 5.73 Å². The van der Waals surface area contributed by atoms with Gasteiger partial charge >= 0.3 is 0 Å². The molecule has 0 saturated carbocycles. The maximum atomic E-state index is 12.3. The summed E-state index contributed by atoms with van der Waals surface area (Å²) in [5.41, 5.74) is 6.00. The number of halogens is 2. The molecule has 0 amide bonds. The Hall–Kier alpha value is -0.370. The van der Waals surface area contributed by atoms with Crippen LogP contribution in [0, 0.1) is 0 Å². The summed E-state index contributed by atoms with van der Waals surface area (Å²) < 4.78 is 26.1. The Balaban J connectivity index is 2.43. The molecule has 1 aromatic carbocycles. The number of sulfone groups is 1. The summed E-state index contributed by atoms with van der Waals surface area (Å²) in [6.07, 6.45) is 0. The van der Waals surface area contributed by atoms with Gasteiger partial charge in [0, 0.05) is 13.8 Å². The Kier molecular flexibility index (Phi) is 4.15. The van der Waals surface area contributed by atoms with Gasteiger partial charge in [-0.25, -0.2) is 8.42 Å². The molecule has 96 valence electrons. The van der Waals surface area contributed by atoms with Crippen LogP contribution in [0.2, 0.25) is 0 Å². The van der Waals surface area contributed by atoms with Gasteiger partial charge in [-0.2, -0.15) is 0 Å². The molecule has 0 unspecified atom stereocenters. The van der Waals surface area contributed by atoms with Gasteiger partial charge in [0.25, 0.3) is 0 Å². The Morgan fingerprint density at radius 2 is 1.94 bits per heavy atom. The molecule has 2 N–H and O–H groups in total. The summed E-state index contributed by atoms with van der Waals surface area (Å²) in [6, 6.07) is 6.67. The normalized spacial score (nSPS) is 11.7. The molecule has 3 nitrogen and oxygen atoms in total. The van der Waals surface area contributed by atoms with Crippen LogP contribution < -0.4 is 5.73 Å². The number of nitrogen functional groups attached to an aromatic ring is 1. The minimum absolute atomic E-state index is 0.0497. The SMILES string of the molecule is Nc1ccc(Br)cc1S(=O)(=O)Cc1sccc1Br. The number of hydrogen-bond donors (Lipinski definition) is 1. The molecule has 0 bridgehead atoms. The summed E-state index contributed by atoms with van der Waals surface area (Å²) in [6.45, 7) is 0. The Bertz CT molecular complexity index is 680. The third kappa shape index (κ3) is 2.96. The largest absolute Gasteiger partial charge is 0.398 e. The summed E-state index contributed by atoms with van der Waals surface area (Å²) in [5.74, 6) is -0.0497. The number of nitrogens with two attached hydrogens (primary N) is 1. The fraction of sp³-hybridized carbons (Fsp3) is 0.0909. The highest BCUT2D eigenvalue weighted by Crippen LogP contribution is 2.30. The van der Waals surface area contributed by atoms with Crippen LogP contribution in [-0.4, -0.2) is 8.42 Å². The van der Waals surface area contributed by atoms with Gasteiger partial charge in [0.1, 0.15) is 0 Å². The number of rotatable bonds is 3. The number of anilines is 1. The summed E-state index contributed by atoms with van der Waals surface area (Å²) in [7, 11) is -3.43. The molecule has 7 heteroatoms.